The SMILES string of the molecule is Cc1cn2cc(-n3cnc4sc(N5CCNCC5)nc4c3=O)cc(C(F)(F)F)c2n1. The van der Waals surface area contributed by atoms with Crippen LogP contribution in [0.4, 0.5) is 18.3 Å². The number of nitrogens with one attached hydrogen (secondary N) is 1. The molecule has 30 heavy (non-hydrogen) atoms. The zero-order valence-corrected chi connectivity index (χ0v) is 16.6. The molecule has 8 nitrogen and oxygen atoms in total. The van der Waals surface area contributed by atoms with Crippen LogP contribution in [0.15, 0.2) is 29.6 Å². The second-order valence-corrected chi connectivity index (χ2v) is 7.99. The van der Waals surface area contributed by atoms with Crippen LogP contribution in [0.25, 0.3) is 21.7 Å². The lowest BCUT2D eigenvalue weighted by Crippen LogP contribution is -2.43. The summed E-state index contributed by atoms with van der Waals surface area (Å²) in [5, 5.41) is 3.93. The third kappa shape index (κ3) is 3.12. The van der Waals surface area contributed by atoms with Gasteiger partial charge in [-0.05, 0) is 13.0 Å². The number of rotatable bonds is 2. The number of aromatic nitrogens is 5. The summed E-state index contributed by atoms with van der Waals surface area (Å²) < 4.78 is 43.2. The zero-order chi connectivity index (χ0) is 21.0. The van der Waals surface area contributed by atoms with Crippen LogP contribution in [0.3, 0.4) is 0 Å². The van der Waals surface area contributed by atoms with Gasteiger partial charge < -0.3 is 14.6 Å². The van der Waals surface area contributed by atoms with E-state index in [0.29, 0.717) is 15.7 Å². The lowest BCUT2D eigenvalue weighted by atomic mass is 10.2. The van der Waals surface area contributed by atoms with E-state index < -0.39 is 17.3 Å². The second-order valence-electron chi connectivity index (χ2n) is 7.03. The minimum absolute atomic E-state index is 0.0448. The fourth-order valence-corrected chi connectivity index (χ4v) is 4.48. The lowest BCUT2D eigenvalue weighted by molar-refractivity contribution is -0.136. The van der Waals surface area contributed by atoms with E-state index >= 15 is 0 Å². The predicted molar refractivity (Wildman–Crippen MR) is 107 cm³/mol. The van der Waals surface area contributed by atoms with Gasteiger partial charge in [0.25, 0.3) is 5.56 Å². The van der Waals surface area contributed by atoms with Crippen molar-refractivity contribution in [1.29, 1.82) is 0 Å². The Labute approximate surface area is 171 Å². The number of nitrogens with zero attached hydrogens (tertiary/aromatic N) is 6. The van der Waals surface area contributed by atoms with Gasteiger partial charge in [-0.1, -0.05) is 11.3 Å². The highest BCUT2D eigenvalue weighted by Gasteiger charge is 2.35. The van der Waals surface area contributed by atoms with Crippen molar-refractivity contribution in [3.8, 4) is 5.69 Å². The molecule has 5 heterocycles. The number of halogens is 3. The summed E-state index contributed by atoms with van der Waals surface area (Å²) in [5.74, 6) is 0. The normalized spacial score (nSPS) is 15.4. The van der Waals surface area contributed by atoms with Gasteiger partial charge in [-0.25, -0.2) is 15.0 Å². The molecule has 0 aliphatic carbocycles. The van der Waals surface area contributed by atoms with E-state index in [4.69, 9.17) is 0 Å². The summed E-state index contributed by atoms with van der Waals surface area (Å²) in [7, 11) is 0. The Morgan fingerprint density at radius 3 is 2.67 bits per heavy atom. The average Bonchev–Trinajstić information content (AvgIpc) is 3.30. The van der Waals surface area contributed by atoms with Crippen molar-refractivity contribution in [3.05, 3.63) is 46.4 Å². The average molecular weight is 435 g/mol. The number of hydrogen-bond donors (Lipinski definition) is 1. The van der Waals surface area contributed by atoms with Crippen LogP contribution in [0.1, 0.15) is 11.3 Å². The maximum Gasteiger partial charge on any atom is 0.420 e. The summed E-state index contributed by atoms with van der Waals surface area (Å²) in [6.45, 7) is 4.77. The van der Waals surface area contributed by atoms with Crippen LogP contribution < -0.4 is 15.8 Å². The molecule has 0 radical (unpaired) electrons. The molecule has 4 aromatic rings. The molecule has 12 heteroatoms. The molecule has 0 spiro atoms. The molecule has 4 aromatic heterocycles. The molecule has 0 bridgehead atoms. The van der Waals surface area contributed by atoms with Crippen LogP contribution in [0.5, 0.6) is 0 Å². The molecule has 0 amide bonds. The third-order valence-corrected chi connectivity index (χ3v) is 5.96. The molecule has 1 fully saturated rings. The van der Waals surface area contributed by atoms with Gasteiger partial charge in [-0.15, -0.1) is 0 Å². The Morgan fingerprint density at radius 2 is 1.93 bits per heavy atom. The third-order valence-electron chi connectivity index (χ3n) is 4.94. The molecule has 0 atom stereocenters. The van der Waals surface area contributed by atoms with Gasteiger partial charge in [0.05, 0.1) is 11.4 Å². The molecule has 0 aromatic carbocycles. The van der Waals surface area contributed by atoms with E-state index in [0.717, 1.165) is 36.8 Å². The largest absolute Gasteiger partial charge is 0.420 e. The topological polar surface area (TPSA) is 80.4 Å². The fourth-order valence-electron chi connectivity index (χ4n) is 3.53. The van der Waals surface area contributed by atoms with Crippen molar-refractivity contribution in [2.24, 2.45) is 0 Å². The number of imidazole rings is 1. The van der Waals surface area contributed by atoms with Crippen LogP contribution in [-0.2, 0) is 6.18 Å². The number of aryl methyl sites for hydroxylation is 1. The van der Waals surface area contributed by atoms with Gasteiger partial charge in [-0.2, -0.15) is 13.2 Å². The van der Waals surface area contributed by atoms with Gasteiger partial charge in [0.1, 0.15) is 17.5 Å². The van der Waals surface area contributed by atoms with E-state index in [-0.39, 0.29) is 16.9 Å². The van der Waals surface area contributed by atoms with Crippen molar-refractivity contribution in [3.63, 3.8) is 0 Å². The van der Waals surface area contributed by atoms with Crippen molar-refractivity contribution < 1.29 is 13.2 Å². The van der Waals surface area contributed by atoms with E-state index in [1.54, 1.807) is 6.92 Å². The summed E-state index contributed by atoms with van der Waals surface area (Å²) in [4.78, 5) is 28.3. The minimum Gasteiger partial charge on any atom is -0.345 e. The summed E-state index contributed by atoms with van der Waals surface area (Å²) in [6, 6.07) is 0.917. The molecule has 0 unspecified atom stereocenters. The van der Waals surface area contributed by atoms with Gasteiger partial charge >= 0.3 is 6.18 Å². The van der Waals surface area contributed by atoms with E-state index in [1.165, 1.54) is 34.5 Å². The molecule has 0 saturated carbocycles. The van der Waals surface area contributed by atoms with E-state index in [2.05, 4.69) is 25.2 Å². The molecule has 1 aliphatic rings. The molecule has 1 aliphatic heterocycles. The van der Waals surface area contributed by atoms with Gasteiger partial charge in [0.2, 0.25) is 0 Å². The number of alkyl halides is 3. The van der Waals surface area contributed by atoms with Gasteiger partial charge in [0, 0.05) is 38.6 Å². The summed E-state index contributed by atoms with van der Waals surface area (Å²) in [5.41, 5.74) is -1.00. The Kier molecular flexibility index (Phi) is 4.29. The summed E-state index contributed by atoms with van der Waals surface area (Å²) in [6.07, 6.45) is -0.457. The number of pyridine rings is 1. The standard InChI is InChI=1S/C18H16F3N7OS/c1-10-7-27-8-11(6-12(14(27)24-10)18(19,20)21)28-9-23-15-13(16(28)29)25-17(30-15)26-4-2-22-3-5-26/h6-9,22H,2-5H2,1H3. The first-order chi connectivity index (χ1) is 14.3. The second kappa shape index (κ2) is 6.77. The molecule has 156 valence electrons. The maximum absolute atomic E-state index is 13.6. The molecular formula is C18H16F3N7OS. The Hall–Kier alpha value is -2.99. The molecular weight excluding hydrogens is 419 g/mol. The first-order valence-electron chi connectivity index (χ1n) is 9.22. The van der Waals surface area contributed by atoms with Gasteiger partial charge in [0.15, 0.2) is 15.5 Å². The predicted octanol–water partition coefficient (Wildman–Crippen LogP) is 2.23. The molecule has 5 rings (SSSR count). The number of thiazole rings is 1. The van der Waals surface area contributed by atoms with Crippen LogP contribution in [0, 0.1) is 6.92 Å². The Balaban J connectivity index is 1.66. The number of fused-ring (bicyclic) bond motifs is 2. The zero-order valence-electron chi connectivity index (χ0n) is 15.8. The Bertz CT molecular complexity index is 1320. The first-order valence-corrected chi connectivity index (χ1v) is 10.0. The van der Waals surface area contributed by atoms with Crippen molar-refractivity contribution >= 4 is 32.5 Å². The van der Waals surface area contributed by atoms with Gasteiger partial charge in [-0.3, -0.25) is 9.36 Å². The number of hydrogen-bond acceptors (Lipinski definition) is 7. The molecule has 1 saturated heterocycles. The number of piperazine rings is 1. The van der Waals surface area contributed by atoms with Crippen molar-refractivity contribution in [1.82, 2.24) is 29.2 Å². The van der Waals surface area contributed by atoms with Crippen LogP contribution >= 0.6 is 11.3 Å². The fraction of sp³-hybridized carbons (Fsp3) is 0.333. The maximum atomic E-state index is 13.6. The Morgan fingerprint density at radius 1 is 1.17 bits per heavy atom. The first kappa shape index (κ1) is 19.0. The molecule has 1 N–H and O–H groups in total. The van der Waals surface area contributed by atoms with E-state index in [9.17, 15) is 18.0 Å². The quantitative estimate of drug-likeness (QED) is 0.520. The number of anilines is 1. The van der Waals surface area contributed by atoms with Crippen LogP contribution in [0.2, 0.25) is 0 Å². The summed E-state index contributed by atoms with van der Waals surface area (Å²) >= 11 is 1.30. The highest BCUT2D eigenvalue weighted by molar-refractivity contribution is 7.21. The van der Waals surface area contributed by atoms with Crippen LogP contribution in [-0.4, -0.2) is 50.1 Å². The highest BCUT2D eigenvalue weighted by atomic mass is 32.1. The minimum atomic E-state index is -4.62. The lowest BCUT2D eigenvalue weighted by Gasteiger charge is -2.26. The van der Waals surface area contributed by atoms with Crippen molar-refractivity contribution in [2.75, 3.05) is 31.1 Å². The monoisotopic (exact) mass is 435 g/mol. The van der Waals surface area contributed by atoms with E-state index in [1.807, 2.05) is 0 Å². The smallest absolute Gasteiger partial charge is 0.345 e. The van der Waals surface area contributed by atoms with Crippen molar-refractivity contribution in [2.45, 2.75) is 13.1 Å². The highest BCUT2D eigenvalue weighted by Crippen LogP contribution is 2.33.